The molecule has 2 heterocycles. The summed E-state index contributed by atoms with van der Waals surface area (Å²) < 4.78 is 46.5. The van der Waals surface area contributed by atoms with E-state index in [4.69, 9.17) is 27.7 Å². The number of aryl methyl sites for hydroxylation is 2. The van der Waals surface area contributed by atoms with Gasteiger partial charge in [0.05, 0.1) is 40.0 Å². The Morgan fingerprint density at radius 3 is 1.81 bits per heavy atom. The van der Waals surface area contributed by atoms with E-state index in [1.165, 1.54) is 99.7 Å². The third kappa shape index (κ3) is 28.7. The second-order valence-corrected chi connectivity index (χ2v) is 20.3. The van der Waals surface area contributed by atoms with Crippen molar-refractivity contribution >= 4 is 19.8 Å². The van der Waals surface area contributed by atoms with E-state index in [1.54, 1.807) is 0 Å². The van der Waals surface area contributed by atoms with Crippen LogP contribution in [-0.2, 0) is 50.3 Å². The van der Waals surface area contributed by atoms with Crippen LogP contribution < -0.4 is 0 Å². The third-order valence-corrected chi connectivity index (χ3v) is 12.9. The van der Waals surface area contributed by atoms with Crippen LogP contribution in [0, 0.1) is 13.8 Å². The first kappa shape index (κ1) is 56.1. The zero-order valence-electron chi connectivity index (χ0n) is 40.5. The monoisotopic (exact) mass is 897 g/mol. The normalized spacial score (nSPS) is 16.8. The number of hydrogen-bond donors (Lipinski definition) is 1. The molecule has 4 atom stereocenters. The lowest BCUT2D eigenvalue weighted by Crippen LogP contribution is -2.37. The van der Waals surface area contributed by atoms with Gasteiger partial charge in [0.2, 0.25) is 0 Å². The molecule has 0 saturated carbocycles. The molecule has 1 aromatic heterocycles. The molecule has 1 saturated heterocycles. The average Bonchev–Trinajstić information content (AvgIpc) is 3.92. The van der Waals surface area contributed by atoms with Crippen LogP contribution in [0.5, 0.6) is 0 Å². The summed E-state index contributed by atoms with van der Waals surface area (Å²) in [7, 11) is 1.45. The van der Waals surface area contributed by atoms with E-state index in [0.717, 1.165) is 83.5 Å². The van der Waals surface area contributed by atoms with Crippen LogP contribution in [0.15, 0.2) is 16.6 Å². The van der Waals surface area contributed by atoms with E-state index >= 15 is 0 Å². The Labute approximate surface area is 378 Å². The highest BCUT2D eigenvalue weighted by atomic mass is 31.2. The largest absolute Gasteiger partial charge is 0.472 e. The Morgan fingerprint density at radius 2 is 1.21 bits per heavy atom. The Kier molecular flexibility index (Phi) is 30.3. The average molecular weight is 897 g/mol. The Bertz CT molecular complexity index is 1400. The Hall–Kier alpha value is -2.01. The molecule has 1 fully saturated rings. The quantitative estimate of drug-likeness (QED) is 0.0169. The standard InChI is InChI=1S/C50H90NO10P/c1-8-10-12-13-21-28-34-47-48(61-47)35-29-23-20-25-31-37-50(53)59-44(41-58-62(54,55)57-39-38-51(5,6)7)40-56-49(52)36-30-24-19-17-15-14-16-18-22-27-33-46-43(4)42(3)45(60-46)32-26-11-9-2/h21,28,44,47-48H,8-20,22-27,29-41H2,1-7H3/p+1/b28-21-/t44-,47?,48?/m1/s1. The van der Waals surface area contributed by atoms with Crippen LogP contribution in [0.3, 0.4) is 0 Å². The first-order valence-electron chi connectivity index (χ1n) is 24.9. The van der Waals surface area contributed by atoms with E-state index < -0.39 is 26.5 Å². The fraction of sp³-hybridized carbons (Fsp3) is 0.840. The number of furan rings is 1. The van der Waals surface area contributed by atoms with E-state index in [2.05, 4.69) is 39.8 Å². The van der Waals surface area contributed by atoms with Crippen molar-refractivity contribution in [3.05, 3.63) is 34.8 Å². The summed E-state index contributed by atoms with van der Waals surface area (Å²) in [5.41, 5.74) is 2.70. The molecule has 2 rings (SSSR count). The number of carbonyl (C=O) groups is 2. The summed E-state index contributed by atoms with van der Waals surface area (Å²) >= 11 is 0. The van der Waals surface area contributed by atoms with E-state index in [9.17, 15) is 19.0 Å². The number of ether oxygens (including phenoxy) is 3. The highest BCUT2D eigenvalue weighted by Crippen LogP contribution is 2.43. The Morgan fingerprint density at radius 1 is 0.677 bits per heavy atom. The van der Waals surface area contributed by atoms with Gasteiger partial charge in [0.15, 0.2) is 6.10 Å². The molecule has 1 N–H and O–H groups in total. The van der Waals surface area contributed by atoms with Crippen molar-refractivity contribution in [2.45, 2.75) is 226 Å². The molecule has 3 unspecified atom stereocenters. The maximum absolute atomic E-state index is 12.8. The summed E-state index contributed by atoms with van der Waals surface area (Å²) in [5, 5.41) is 0. The molecule has 12 heteroatoms. The summed E-state index contributed by atoms with van der Waals surface area (Å²) in [4.78, 5) is 35.6. The van der Waals surface area contributed by atoms with Crippen LogP contribution in [-0.4, -0.2) is 87.1 Å². The number of hydrogen-bond acceptors (Lipinski definition) is 9. The van der Waals surface area contributed by atoms with Crippen LogP contribution >= 0.6 is 7.82 Å². The molecule has 1 aliphatic heterocycles. The zero-order chi connectivity index (χ0) is 45.5. The van der Waals surface area contributed by atoms with Crippen molar-refractivity contribution in [3.63, 3.8) is 0 Å². The molecule has 0 aliphatic carbocycles. The predicted octanol–water partition coefficient (Wildman–Crippen LogP) is 12.8. The SMILES string of the molecule is CCCCC/C=C\CC1OC1CCCCCCCC(=O)O[C@H](COC(=O)CCCCCCCCCCCCc1oc(CCCCC)c(C)c1C)COP(=O)(O)OCC[N+](C)(C)C. The van der Waals surface area contributed by atoms with Crippen molar-refractivity contribution in [3.8, 4) is 0 Å². The lowest BCUT2D eigenvalue weighted by Gasteiger charge is -2.24. The van der Waals surface area contributed by atoms with Crippen LogP contribution in [0.4, 0.5) is 0 Å². The highest BCUT2D eigenvalue weighted by Gasteiger charge is 2.36. The van der Waals surface area contributed by atoms with Crippen molar-refractivity contribution in [2.24, 2.45) is 0 Å². The second kappa shape index (κ2) is 33.5. The maximum Gasteiger partial charge on any atom is 0.472 e. The van der Waals surface area contributed by atoms with Crippen molar-refractivity contribution in [2.75, 3.05) is 47.5 Å². The minimum absolute atomic E-state index is 0.0220. The van der Waals surface area contributed by atoms with Crippen LogP contribution in [0.1, 0.15) is 203 Å². The first-order valence-corrected chi connectivity index (χ1v) is 26.4. The number of carbonyl (C=O) groups excluding carboxylic acids is 2. The third-order valence-electron chi connectivity index (χ3n) is 11.9. The predicted molar refractivity (Wildman–Crippen MR) is 250 cm³/mol. The number of rotatable bonds is 41. The van der Waals surface area contributed by atoms with Crippen LogP contribution in [0.2, 0.25) is 0 Å². The zero-order valence-corrected chi connectivity index (χ0v) is 41.4. The molecule has 0 aromatic carbocycles. The number of nitrogens with zero attached hydrogens (tertiary/aromatic N) is 1. The molecule has 0 amide bonds. The van der Waals surface area contributed by atoms with E-state index in [-0.39, 0.29) is 32.0 Å². The molecule has 360 valence electrons. The Balaban J connectivity index is 1.59. The van der Waals surface area contributed by atoms with Gasteiger partial charge in [0, 0.05) is 25.7 Å². The number of phosphoric acid groups is 1. The molecule has 0 bridgehead atoms. The number of esters is 2. The smallest absolute Gasteiger partial charge is 0.466 e. The molecule has 1 aliphatic rings. The molecule has 0 spiro atoms. The number of phosphoric ester groups is 1. The second-order valence-electron chi connectivity index (χ2n) is 18.8. The molecular formula is C50H91NO10P+. The van der Waals surface area contributed by atoms with E-state index in [1.807, 2.05) is 21.1 Å². The first-order chi connectivity index (χ1) is 29.7. The van der Waals surface area contributed by atoms with Gasteiger partial charge in [0.1, 0.15) is 31.3 Å². The van der Waals surface area contributed by atoms with Gasteiger partial charge >= 0.3 is 19.8 Å². The highest BCUT2D eigenvalue weighted by molar-refractivity contribution is 7.47. The summed E-state index contributed by atoms with van der Waals surface area (Å²) in [6.07, 6.45) is 33.7. The number of likely N-dealkylation sites (N-methyl/N-ethyl adjacent to an activating group) is 1. The van der Waals surface area contributed by atoms with Crippen molar-refractivity contribution in [1.82, 2.24) is 0 Å². The number of quaternary nitrogens is 1. The molecule has 0 radical (unpaired) electrons. The lowest BCUT2D eigenvalue weighted by atomic mass is 10.0. The molecule has 11 nitrogen and oxygen atoms in total. The van der Waals surface area contributed by atoms with Crippen LogP contribution in [0.25, 0.3) is 0 Å². The topological polar surface area (TPSA) is 134 Å². The number of unbranched alkanes of at least 4 members (excludes halogenated alkanes) is 18. The van der Waals surface area contributed by atoms with Gasteiger partial charge in [-0.2, -0.15) is 0 Å². The fourth-order valence-electron chi connectivity index (χ4n) is 7.61. The molecule has 1 aromatic rings. The summed E-state index contributed by atoms with van der Waals surface area (Å²) in [6.45, 7) is 8.73. The van der Waals surface area contributed by atoms with Gasteiger partial charge in [-0.05, 0) is 76.3 Å². The molecule has 62 heavy (non-hydrogen) atoms. The van der Waals surface area contributed by atoms with Gasteiger partial charge in [-0.3, -0.25) is 18.6 Å². The number of allylic oxidation sites excluding steroid dienone is 1. The summed E-state index contributed by atoms with van der Waals surface area (Å²) in [5.74, 6) is 1.55. The van der Waals surface area contributed by atoms with Gasteiger partial charge in [-0.25, -0.2) is 4.57 Å². The van der Waals surface area contributed by atoms with Gasteiger partial charge in [-0.15, -0.1) is 0 Å². The van der Waals surface area contributed by atoms with Crippen molar-refractivity contribution < 1.29 is 51.2 Å². The number of epoxide rings is 1. The van der Waals surface area contributed by atoms with Gasteiger partial charge in [0.25, 0.3) is 0 Å². The maximum atomic E-state index is 12.8. The summed E-state index contributed by atoms with van der Waals surface area (Å²) in [6, 6.07) is 0. The van der Waals surface area contributed by atoms with E-state index in [0.29, 0.717) is 29.7 Å². The molecular weight excluding hydrogens is 806 g/mol. The minimum Gasteiger partial charge on any atom is -0.466 e. The minimum atomic E-state index is -4.40. The lowest BCUT2D eigenvalue weighted by molar-refractivity contribution is -0.870. The fourth-order valence-corrected chi connectivity index (χ4v) is 8.35. The van der Waals surface area contributed by atoms with Crippen molar-refractivity contribution in [1.29, 1.82) is 0 Å². The van der Waals surface area contributed by atoms with Gasteiger partial charge < -0.3 is 28.0 Å². The van der Waals surface area contributed by atoms with Gasteiger partial charge in [-0.1, -0.05) is 129 Å².